The topological polar surface area (TPSA) is 56.2 Å². The van der Waals surface area contributed by atoms with Crippen molar-refractivity contribution in [3.8, 4) is 5.75 Å². The van der Waals surface area contributed by atoms with Crippen molar-refractivity contribution in [3.05, 3.63) is 58.9 Å². The second kappa shape index (κ2) is 8.44. The number of halogens is 1. The first-order valence-electron chi connectivity index (χ1n) is 9.06. The Labute approximate surface area is 164 Å². The second-order valence-electron chi connectivity index (χ2n) is 6.52. The minimum absolute atomic E-state index is 0.0114. The average molecular weight is 386 g/mol. The van der Waals surface area contributed by atoms with Gasteiger partial charge in [-0.3, -0.25) is 4.79 Å². The van der Waals surface area contributed by atoms with Crippen LogP contribution in [0.2, 0.25) is 5.02 Å². The van der Waals surface area contributed by atoms with Gasteiger partial charge in [-0.2, -0.15) is 0 Å². The number of fused-ring (bicyclic) bond motifs is 1. The summed E-state index contributed by atoms with van der Waals surface area (Å²) in [6.45, 7) is 2.06. The smallest absolute Gasteiger partial charge is 0.220 e. The largest absolute Gasteiger partial charge is 0.497 e. The van der Waals surface area contributed by atoms with E-state index in [1.54, 1.807) is 7.11 Å². The molecule has 0 aliphatic heterocycles. The molecule has 1 aromatic heterocycles. The van der Waals surface area contributed by atoms with Crippen LogP contribution in [-0.4, -0.2) is 22.6 Å². The fourth-order valence-corrected chi connectivity index (χ4v) is 3.36. The number of hydrogen-bond acceptors (Lipinski definition) is 3. The van der Waals surface area contributed by atoms with E-state index in [1.807, 2.05) is 54.1 Å². The van der Waals surface area contributed by atoms with Crippen LogP contribution in [0.15, 0.2) is 42.5 Å². The number of nitrogens with zero attached hydrogens (tertiary/aromatic N) is 2. The van der Waals surface area contributed by atoms with E-state index in [1.165, 1.54) is 0 Å². The van der Waals surface area contributed by atoms with Crippen molar-refractivity contribution >= 4 is 28.5 Å². The Morgan fingerprint density at radius 2 is 2.00 bits per heavy atom. The van der Waals surface area contributed by atoms with Crippen LogP contribution < -0.4 is 10.1 Å². The molecule has 0 spiro atoms. The SMILES string of the molecule is CCC(NC(=O)CCc1nc2cc(Cl)ccc2n1C)c1ccc(OC)cc1. The fourth-order valence-electron chi connectivity index (χ4n) is 3.20. The van der Waals surface area contributed by atoms with Crippen LogP contribution in [0.5, 0.6) is 5.75 Å². The first-order chi connectivity index (χ1) is 13.0. The Kier molecular flexibility index (Phi) is 6.01. The third kappa shape index (κ3) is 4.42. The molecular weight excluding hydrogens is 362 g/mol. The molecule has 1 heterocycles. The maximum absolute atomic E-state index is 12.5. The lowest BCUT2D eigenvalue weighted by Gasteiger charge is -2.18. The van der Waals surface area contributed by atoms with E-state index in [9.17, 15) is 4.79 Å². The molecule has 1 unspecified atom stereocenters. The van der Waals surface area contributed by atoms with Crippen molar-refractivity contribution in [3.63, 3.8) is 0 Å². The average Bonchev–Trinajstić information content (AvgIpc) is 2.99. The zero-order valence-corrected chi connectivity index (χ0v) is 16.6. The van der Waals surface area contributed by atoms with Crippen molar-refractivity contribution in [2.45, 2.75) is 32.2 Å². The van der Waals surface area contributed by atoms with E-state index in [4.69, 9.17) is 16.3 Å². The molecular formula is C21H24ClN3O2. The third-order valence-corrected chi connectivity index (χ3v) is 5.01. The molecule has 3 rings (SSSR count). The van der Waals surface area contributed by atoms with Crippen LogP contribution in [0.1, 0.15) is 37.2 Å². The van der Waals surface area contributed by atoms with E-state index in [2.05, 4.69) is 17.2 Å². The summed E-state index contributed by atoms with van der Waals surface area (Å²) in [7, 11) is 3.60. The standard InChI is InChI=1S/C21H24ClN3O2/c1-4-17(14-5-8-16(27-3)9-6-14)24-21(26)12-11-20-23-18-13-15(22)7-10-19(18)25(20)2/h5-10,13,17H,4,11-12H2,1-3H3,(H,24,26). The first-order valence-corrected chi connectivity index (χ1v) is 9.43. The highest BCUT2D eigenvalue weighted by atomic mass is 35.5. The lowest BCUT2D eigenvalue weighted by atomic mass is 10.0. The maximum atomic E-state index is 12.5. The molecule has 1 amide bonds. The molecule has 0 radical (unpaired) electrons. The molecule has 0 bridgehead atoms. The Balaban J connectivity index is 1.63. The van der Waals surface area contributed by atoms with E-state index in [-0.39, 0.29) is 11.9 Å². The molecule has 5 nitrogen and oxygen atoms in total. The molecule has 3 aromatic rings. The summed E-state index contributed by atoms with van der Waals surface area (Å²) in [5.74, 6) is 1.70. The zero-order chi connectivity index (χ0) is 19.4. The summed E-state index contributed by atoms with van der Waals surface area (Å²) in [6.07, 6.45) is 1.79. The summed E-state index contributed by atoms with van der Waals surface area (Å²) in [5.41, 5.74) is 2.94. The molecule has 6 heteroatoms. The summed E-state index contributed by atoms with van der Waals surface area (Å²) >= 11 is 6.04. The van der Waals surface area contributed by atoms with Crippen molar-refractivity contribution < 1.29 is 9.53 Å². The van der Waals surface area contributed by atoms with E-state index >= 15 is 0 Å². The number of imidazole rings is 1. The molecule has 2 aromatic carbocycles. The highest BCUT2D eigenvalue weighted by molar-refractivity contribution is 6.31. The molecule has 0 fully saturated rings. The van der Waals surface area contributed by atoms with Crippen molar-refractivity contribution in [1.82, 2.24) is 14.9 Å². The predicted molar refractivity (Wildman–Crippen MR) is 108 cm³/mol. The zero-order valence-electron chi connectivity index (χ0n) is 15.8. The first kappa shape index (κ1) is 19.2. The summed E-state index contributed by atoms with van der Waals surface area (Å²) in [5, 5.41) is 3.78. The van der Waals surface area contributed by atoms with Gasteiger partial charge < -0.3 is 14.6 Å². The maximum Gasteiger partial charge on any atom is 0.220 e. The van der Waals surface area contributed by atoms with Gasteiger partial charge in [0, 0.05) is 24.9 Å². The number of carbonyl (C=O) groups is 1. The molecule has 0 saturated carbocycles. The molecule has 0 aliphatic rings. The van der Waals surface area contributed by atoms with Crippen LogP contribution in [0.3, 0.4) is 0 Å². The number of amides is 1. The highest BCUT2D eigenvalue weighted by Crippen LogP contribution is 2.22. The molecule has 0 aliphatic carbocycles. The number of rotatable bonds is 7. The van der Waals surface area contributed by atoms with Crippen molar-refractivity contribution in [1.29, 1.82) is 0 Å². The minimum Gasteiger partial charge on any atom is -0.497 e. The number of benzene rings is 2. The van der Waals surface area contributed by atoms with Gasteiger partial charge in [0.25, 0.3) is 0 Å². The number of aryl methyl sites for hydroxylation is 2. The number of aromatic nitrogens is 2. The van der Waals surface area contributed by atoms with Crippen molar-refractivity contribution in [2.75, 3.05) is 7.11 Å². The summed E-state index contributed by atoms with van der Waals surface area (Å²) in [6, 6.07) is 13.4. The van der Waals surface area contributed by atoms with Crippen molar-refractivity contribution in [2.24, 2.45) is 7.05 Å². The van der Waals surface area contributed by atoms with Gasteiger partial charge in [0.05, 0.1) is 24.2 Å². The molecule has 142 valence electrons. The molecule has 0 saturated heterocycles. The minimum atomic E-state index is -0.0114. The van der Waals surface area contributed by atoms with E-state index in [0.717, 1.165) is 34.6 Å². The van der Waals surface area contributed by atoms with Crippen LogP contribution in [0, 0.1) is 0 Å². The lowest BCUT2D eigenvalue weighted by Crippen LogP contribution is -2.28. The number of ether oxygens (including phenoxy) is 1. The fraction of sp³-hybridized carbons (Fsp3) is 0.333. The van der Waals surface area contributed by atoms with Gasteiger partial charge in [-0.25, -0.2) is 4.98 Å². The summed E-state index contributed by atoms with van der Waals surface area (Å²) < 4.78 is 7.20. The molecule has 27 heavy (non-hydrogen) atoms. The van der Waals surface area contributed by atoms with E-state index < -0.39 is 0 Å². The Morgan fingerprint density at radius 3 is 2.67 bits per heavy atom. The van der Waals surface area contributed by atoms with Gasteiger partial charge in [0.1, 0.15) is 11.6 Å². The normalized spacial score (nSPS) is 12.1. The third-order valence-electron chi connectivity index (χ3n) is 4.77. The highest BCUT2D eigenvalue weighted by Gasteiger charge is 2.15. The van der Waals surface area contributed by atoms with E-state index in [0.29, 0.717) is 17.9 Å². The number of carbonyl (C=O) groups excluding carboxylic acids is 1. The van der Waals surface area contributed by atoms with Gasteiger partial charge in [0.2, 0.25) is 5.91 Å². The van der Waals surface area contributed by atoms with Gasteiger partial charge >= 0.3 is 0 Å². The quantitative estimate of drug-likeness (QED) is 0.654. The summed E-state index contributed by atoms with van der Waals surface area (Å²) in [4.78, 5) is 17.1. The molecule has 1 atom stereocenters. The second-order valence-corrected chi connectivity index (χ2v) is 6.96. The number of methoxy groups -OCH3 is 1. The lowest BCUT2D eigenvalue weighted by molar-refractivity contribution is -0.121. The van der Waals surface area contributed by atoms with Crippen LogP contribution in [-0.2, 0) is 18.3 Å². The van der Waals surface area contributed by atoms with Crippen LogP contribution in [0.4, 0.5) is 0 Å². The number of hydrogen-bond donors (Lipinski definition) is 1. The Morgan fingerprint density at radius 1 is 1.26 bits per heavy atom. The van der Waals surface area contributed by atoms with Crippen LogP contribution in [0.25, 0.3) is 11.0 Å². The Hall–Kier alpha value is -2.53. The number of nitrogens with one attached hydrogen (secondary N) is 1. The van der Waals surface area contributed by atoms with Gasteiger partial charge in [-0.1, -0.05) is 30.7 Å². The van der Waals surface area contributed by atoms with Gasteiger partial charge in [0.15, 0.2) is 0 Å². The van der Waals surface area contributed by atoms with Gasteiger partial charge in [-0.05, 0) is 42.3 Å². The Bertz CT molecular complexity index is 934. The monoisotopic (exact) mass is 385 g/mol. The van der Waals surface area contributed by atoms with Crippen LogP contribution >= 0.6 is 11.6 Å². The predicted octanol–water partition coefficient (Wildman–Crippen LogP) is 4.44. The molecule has 1 N–H and O–H groups in total. The van der Waals surface area contributed by atoms with Gasteiger partial charge in [-0.15, -0.1) is 0 Å².